The number of halogens is 1. The summed E-state index contributed by atoms with van der Waals surface area (Å²) < 4.78 is 0. The topological polar surface area (TPSA) is 43.4 Å². The van der Waals surface area contributed by atoms with Crippen molar-refractivity contribution in [3.63, 3.8) is 0 Å². The van der Waals surface area contributed by atoms with Gasteiger partial charge in [-0.3, -0.25) is 4.98 Å². The summed E-state index contributed by atoms with van der Waals surface area (Å²) in [5.74, 6) is 0. The van der Waals surface area contributed by atoms with Gasteiger partial charge in [0, 0.05) is 55.0 Å². The van der Waals surface area contributed by atoms with Gasteiger partial charge in [-0.1, -0.05) is 44.2 Å². The maximum absolute atomic E-state index is 6.09. The van der Waals surface area contributed by atoms with Crippen molar-refractivity contribution in [1.82, 2.24) is 20.1 Å². The van der Waals surface area contributed by atoms with Crippen molar-refractivity contribution in [3.8, 4) is 0 Å². The summed E-state index contributed by atoms with van der Waals surface area (Å²) in [6.45, 7) is 12.8. The van der Waals surface area contributed by atoms with E-state index < -0.39 is 0 Å². The van der Waals surface area contributed by atoms with Crippen molar-refractivity contribution in [2.75, 3.05) is 64.2 Å². The van der Waals surface area contributed by atoms with Gasteiger partial charge in [0.15, 0.2) is 0 Å². The highest BCUT2D eigenvalue weighted by molar-refractivity contribution is 6.31. The Labute approximate surface area is 199 Å². The van der Waals surface area contributed by atoms with Crippen LogP contribution in [0.5, 0.6) is 0 Å². The van der Waals surface area contributed by atoms with E-state index in [2.05, 4.69) is 44.5 Å². The average molecular weight is 460 g/mol. The second-order valence-electron chi connectivity index (χ2n) is 9.00. The monoisotopic (exact) mass is 459 g/mol. The molecule has 3 rings (SSSR count). The Hall–Kier alpha value is -1.40. The van der Waals surface area contributed by atoms with Gasteiger partial charge in [0.2, 0.25) is 0 Å². The fourth-order valence-electron chi connectivity index (χ4n) is 4.44. The Balaban J connectivity index is 1.21. The molecule has 178 valence electrons. The van der Waals surface area contributed by atoms with Crippen LogP contribution in [0, 0.1) is 0 Å². The van der Waals surface area contributed by atoms with Crippen LogP contribution < -0.4 is 10.6 Å². The summed E-state index contributed by atoms with van der Waals surface area (Å²) in [7, 11) is 0. The third kappa shape index (κ3) is 8.86. The summed E-state index contributed by atoms with van der Waals surface area (Å²) in [5, 5.41) is 9.07. The number of piperazine rings is 1. The lowest BCUT2D eigenvalue weighted by atomic mass is 10.1. The van der Waals surface area contributed by atoms with Crippen molar-refractivity contribution in [1.29, 1.82) is 0 Å². The highest BCUT2D eigenvalue weighted by Gasteiger charge is 2.15. The van der Waals surface area contributed by atoms with Crippen molar-refractivity contribution < 1.29 is 0 Å². The van der Waals surface area contributed by atoms with Gasteiger partial charge in [0.05, 0.1) is 5.52 Å². The Morgan fingerprint density at radius 2 is 1.53 bits per heavy atom. The van der Waals surface area contributed by atoms with Crippen LogP contribution in [0.3, 0.4) is 0 Å². The van der Waals surface area contributed by atoms with Crippen LogP contribution in [0.2, 0.25) is 5.02 Å². The number of hydrogen-bond acceptors (Lipinski definition) is 5. The molecule has 1 fully saturated rings. The zero-order valence-electron chi connectivity index (χ0n) is 19.9. The van der Waals surface area contributed by atoms with Crippen LogP contribution in [0.4, 0.5) is 5.69 Å². The SMILES string of the molecule is CCCCCCCNCCCN1CCN(CCCNc2ccnc3cc(Cl)ccc23)CC1. The van der Waals surface area contributed by atoms with Crippen molar-refractivity contribution in [2.45, 2.75) is 51.9 Å². The molecule has 1 aliphatic heterocycles. The summed E-state index contributed by atoms with van der Waals surface area (Å²) in [5.41, 5.74) is 2.09. The van der Waals surface area contributed by atoms with E-state index in [-0.39, 0.29) is 0 Å². The molecule has 0 radical (unpaired) electrons. The Bertz CT molecular complexity index is 776. The molecule has 6 heteroatoms. The van der Waals surface area contributed by atoms with Crippen LogP contribution in [0.15, 0.2) is 30.5 Å². The van der Waals surface area contributed by atoms with E-state index in [0.29, 0.717) is 0 Å². The molecule has 1 saturated heterocycles. The average Bonchev–Trinajstić information content (AvgIpc) is 2.81. The zero-order valence-corrected chi connectivity index (χ0v) is 20.7. The molecule has 1 aromatic carbocycles. The van der Waals surface area contributed by atoms with E-state index in [1.165, 1.54) is 77.8 Å². The van der Waals surface area contributed by atoms with E-state index in [9.17, 15) is 0 Å². The van der Waals surface area contributed by atoms with E-state index in [1.807, 2.05) is 18.3 Å². The molecule has 0 amide bonds. The lowest BCUT2D eigenvalue weighted by Crippen LogP contribution is -2.47. The quantitative estimate of drug-likeness (QED) is 0.356. The molecular weight excluding hydrogens is 418 g/mol. The maximum Gasteiger partial charge on any atom is 0.0737 e. The molecular formula is C26H42ClN5. The molecule has 2 aromatic rings. The van der Waals surface area contributed by atoms with Crippen molar-refractivity contribution in [3.05, 3.63) is 35.5 Å². The van der Waals surface area contributed by atoms with Crippen LogP contribution >= 0.6 is 11.6 Å². The minimum Gasteiger partial charge on any atom is -0.384 e. The molecule has 5 nitrogen and oxygen atoms in total. The smallest absolute Gasteiger partial charge is 0.0737 e. The fourth-order valence-corrected chi connectivity index (χ4v) is 4.61. The Kier molecular flexibility index (Phi) is 11.6. The number of aromatic nitrogens is 1. The van der Waals surface area contributed by atoms with Gasteiger partial charge in [-0.15, -0.1) is 0 Å². The number of benzene rings is 1. The van der Waals surface area contributed by atoms with Gasteiger partial charge in [0.25, 0.3) is 0 Å². The lowest BCUT2D eigenvalue weighted by Gasteiger charge is -2.34. The molecule has 0 atom stereocenters. The van der Waals surface area contributed by atoms with Crippen molar-refractivity contribution in [2.24, 2.45) is 0 Å². The molecule has 0 saturated carbocycles. The third-order valence-corrected chi connectivity index (χ3v) is 6.66. The van der Waals surface area contributed by atoms with Gasteiger partial charge in [0.1, 0.15) is 0 Å². The number of nitrogens with one attached hydrogen (secondary N) is 2. The molecule has 2 heterocycles. The number of rotatable bonds is 15. The minimum absolute atomic E-state index is 0.732. The molecule has 0 bridgehead atoms. The first kappa shape index (κ1) is 25.2. The predicted molar refractivity (Wildman–Crippen MR) is 139 cm³/mol. The summed E-state index contributed by atoms with van der Waals surface area (Å²) in [6, 6.07) is 7.96. The Morgan fingerprint density at radius 3 is 2.28 bits per heavy atom. The molecule has 0 unspecified atom stereocenters. The predicted octanol–water partition coefficient (Wildman–Crippen LogP) is 5.26. The Morgan fingerprint density at radius 1 is 0.844 bits per heavy atom. The number of nitrogens with zero attached hydrogens (tertiary/aromatic N) is 3. The molecule has 1 aromatic heterocycles. The number of pyridine rings is 1. The number of unbranched alkanes of at least 4 members (excludes halogenated alkanes) is 4. The largest absolute Gasteiger partial charge is 0.384 e. The normalized spacial score (nSPS) is 15.4. The van der Waals surface area contributed by atoms with Gasteiger partial charge in [-0.05, 0) is 69.7 Å². The van der Waals surface area contributed by atoms with E-state index >= 15 is 0 Å². The van der Waals surface area contributed by atoms with Crippen molar-refractivity contribution >= 4 is 28.2 Å². The highest BCUT2D eigenvalue weighted by Crippen LogP contribution is 2.24. The minimum atomic E-state index is 0.732. The fraction of sp³-hybridized carbons (Fsp3) is 0.654. The second-order valence-corrected chi connectivity index (χ2v) is 9.44. The van der Waals surface area contributed by atoms with E-state index in [0.717, 1.165) is 47.7 Å². The molecule has 32 heavy (non-hydrogen) atoms. The summed E-state index contributed by atoms with van der Waals surface area (Å²) >= 11 is 6.09. The standard InChI is InChI=1S/C26H42ClN5/c1-2-3-4-5-6-12-28-13-7-16-31-18-20-32(21-19-31)17-8-14-29-25-11-15-30-26-22-23(27)9-10-24(25)26/h9-11,15,22,28H,2-8,12-14,16-21H2,1H3,(H,29,30). The van der Waals surface area contributed by atoms with Gasteiger partial charge in [-0.25, -0.2) is 0 Å². The molecule has 2 N–H and O–H groups in total. The second kappa shape index (κ2) is 14.7. The first-order valence-corrected chi connectivity index (χ1v) is 13.1. The first-order chi connectivity index (χ1) is 15.8. The van der Waals surface area contributed by atoms with E-state index in [4.69, 9.17) is 11.6 Å². The molecule has 0 spiro atoms. The number of fused-ring (bicyclic) bond motifs is 1. The third-order valence-electron chi connectivity index (χ3n) is 6.42. The summed E-state index contributed by atoms with van der Waals surface area (Å²) in [4.78, 5) is 9.66. The highest BCUT2D eigenvalue weighted by atomic mass is 35.5. The number of hydrogen-bond donors (Lipinski definition) is 2. The molecule has 0 aliphatic carbocycles. The summed E-state index contributed by atoms with van der Waals surface area (Å²) in [6.07, 6.45) is 11.1. The first-order valence-electron chi connectivity index (χ1n) is 12.7. The number of anilines is 1. The molecule has 1 aliphatic rings. The maximum atomic E-state index is 6.09. The van der Waals surface area contributed by atoms with E-state index in [1.54, 1.807) is 0 Å². The van der Waals surface area contributed by atoms with Crippen LogP contribution in [0.1, 0.15) is 51.9 Å². The van der Waals surface area contributed by atoms with Gasteiger partial charge in [-0.2, -0.15) is 0 Å². The van der Waals surface area contributed by atoms with Gasteiger partial charge >= 0.3 is 0 Å². The zero-order chi connectivity index (χ0) is 22.4. The van der Waals surface area contributed by atoms with Crippen LogP contribution in [-0.4, -0.2) is 73.7 Å². The van der Waals surface area contributed by atoms with Gasteiger partial charge < -0.3 is 20.4 Å². The van der Waals surface area contributed by atoms with Crippen LogP contribution in [-0.2, 0) is 0 Å². The van der Waals surface area contributed by atoms with Crippen LogP contribution in [0.25, 0.3) is 10.9 Å². The lowest BCUT2D eigenvalue weighted by molar-refractivity contribution is 0.131.